The second-order valence-electron chi connectivity index (χ2n) is 12.1. The number of halogens is 3. The summed E-state index contributed by atoms with van der Waals surface area (Å²) in [5, 5.41) is 10.6. The number of hydrogen-bond donors (Lipinski definition) is 4. The number of alkyl halides is 2. The van der Waals surface area contributed by atoms with E-state index in [-0.39, 0.29) is 5.41 Å². The third-order valence-corrected chi connectivity index (χ3v) is 7.52. The number of aromatic nitrogens is 2. The van der Waals surface area contributed by atoms with E-state index in [2.05, 4.69) is 58.3 Å². The molecule has 2 aromatic carbocycles. The number of nitrogens with one attached hydrogen (secondary N) is 4. The molecule has 0 radical (unpaired) electrons. The van der Waals surface area contributed by atoms with Crippen LogP contribution < -0.4 is 21.6 Å². The van der Waals surface area contributed by atoms with E-state index in [9.17, 15) is 8.78 Å². The Kier molecular flexibility index (Phi) is 7.88. The summed E-state index contributed by atoms with van der Waals surface area (Å²) in [6.45, 7) is 10.0. The number of fused-ring (bicyclic) bond motifs is 2. The van der Waals surface area contributed by atoms with E-state index in [4.69, 9.17) is 18.0 Å². The van der Waals surface area contributed by atoms with Crippen molar-refractivity contribution in [2.45, 2.75) is 52.6 Å². The van der Waals surface area contributed by atoms with Gasteiger partial charge in [-0.05, 0) is 49.1 Å². The summed E-state index contributed by atoms with van der Waals surface area (Å²) in [6, 6.07) is 13.0. The number of benzene rings is 2. The minimum atomic E-state index is -2.59. The number of anilines is 2. The molecule has 1 aliphatic rings. The summed E-state index contributed by atoms with van der Waals surface area (Å²) < 4.78 is 27.8. The van der Waals surface area contributed by atoms with Gasteiger partial charge in [0.05, 0.1) is 39.0 Å². The monoisotopic (exact) mass is 589 g/mol. The van der Waals surface area contributed by atoms with Crippen LogP contribution in [0.25, 0.3) is 21.8 Å². The summed E-state index contributed by atoms with van der Waals surface area (Å²) in [5.74, 6) is 2.73. The van der Waals surface area contributed by atoms with Gasteiger partial charge in [-0.1, -0.05) is 56.5 Å². The fraction of sp³-hybridized carbons (Fsp3) is 0.312. The largest absolute Gasteiger partial charge is 0.383 e. The van der Waals surface area contributed by atoms with Gasteiger partial charge < -0.3 is 16.1 Å². The zero-order valence-electron chi connectivity index (χ0n) is 24.2. The van der Waals surface area contributed by atoms with E-state index in [1.165, 1.54) is 18.9 Å². The number of nitrogens with zero attached hydrogens (tertiary/aromatic N) is 3. The number of hydrazine groups is 2. The lowest BCUT2D eigenvalue weighted by molar-refractivity contribution is -0.0311. The van der Waals surface area contributed by atoms with E-state index < -0.39 is 18.0 Å². The van der Waals surface area contributed by atoms with Gasteiger partial charge in [0.1, 0.15) is 5.54 Å². The van der Waals surface area contributed by atoms with Crippen LogP contribution in [-0.4, -0.2) is 33.5 Å². The molecule has 10 heteroatoms. The van der Waals surface area contributed by atoms with Crippen LogP contribution in [0.4, 0.5) is 20.2 Å². The molecule has 0 saturated carbocycles. The average Bonchev–Trinajstić information content (AvgIpc) is 3.45. The molecule has 2 aromatic heterocycles. The van der Waals surface area contributed by atoms with Crippen LogP contribution >= 0.6 is 11.6 Å². The van der Waals surface area contributed by atoms with Crippen molar-refractivity contribution in [2.75, 3.05) is 17.2 Å². The molecule has 0 bridgehead atoms. The Labute approximate surface area is 249 Å². The Hall–Kier alpha value is -4.13. The Morgan fingerprint density at radius 3 is 2.57 bits per heavy atom. The number of hydrogen-bond acceptors (Lipinski definition) is 7. The Bertz CT molecular complexity index is 1700. The molecule has 0 unspecified atom stereocenters. The summed E-state index contributed by atoms with van der Waals surface area (Å²) in [7, 11) is 0. The summed E-state index contributed by atoms with van der Waals surface area (Å²) in [6.07, 6.45) is 8.31. The fourth-order valence-corrected chi connectivity index (χ4v) is 5.02. The number of rotatable bonds is 8. The molecule has 0 aliphatic carbocycles. The lowest BCUT2D eigenvalue weighted by Crippen LogP contribution is -2.53. The highest BCUT2D eigenvalue weighted by molar-refractivity contribution is 6.35. The molecule has 1 atom stereocenters. The molecule has 1 aliphatic heterocycles. The van der Waals surface area contributed by atoms with Crippen LogP contribution in [0.15, 0.2) is 66.8 Å². The molecule has 4 N–H and O–H groups in total. The standard InChI is InChI=1S/C32H34ClF2N7/c1-7-19-16-37-28-23(27(19)38-18-31(2,3)4)14-20(15-24(28)33)39-29(22-10-8-12-25-21(22)11-9-13-36-25)26-17-42(41-40-26)32(5,6)30(34)35/h1,8-17,29-30,39-41H,18H2,2-6H3,(H,37,38)/t29-/m0/s1. The topological polar surface area (TPSA) is 77.1 Å². The third-order valence-electron chi connectivity index (χ3n) is 7.23. The van der Waals surface area contributed by atoms with Gasteiger partial charge in [-0.2, -0.15) is 0 Å². The van der Waals surface area contributed by atoms with Crippen LogP contribution in [0.5, 0.6) is 0 Å². The predicted octanol–water partition coefficient (Wildman–Crippen LogP) is 7.24. The maximum Gasteiger partial charge on any atom is 0.262 e. The average molecular weight is 590 g/mol. The van der Waals surface area contributed by atoms with Gasteiger partial charge in [0, 0.05) is 41.6 Å². The zero-order chi connectivity index (χ0) is 30.2. The highest BCUT2D eigenvalue weighted by atomic mass is 35.5. The summed E-state index contributed by atoms with van der Waals surface area (Å²) in [4.78, 5) is 9.06. The number of terminal acetylenes is 1. The Balaban J connectivity index is 1.64. The SMILES string of the molecule is C#Cc1cnc2c(Cl)cc(N[C@H](C3=CN(C(C)(C)C(F)F)NN3)c3cccc4ncccc34)cc2c1NCC(C)(C)C. The molecule has 0 saturated heterocycles. The number of pyridine rings is 2. The normalized spacial score (nSPS) is 14.6. The van der Waals surface area contributed by atoms with Crippen molar-refractivity contribution in [2.24, 2.45) is 5.41 Å². The van der Waals surface area contributed by atoms with Crippen LogP contribution in [0.1, 0.15) is 51.8 Å². The van der Waals surface area contributed by atoms with Crippen molar-refractivity contribution in [3.05, 3.63) is 82.9 Å². The van der Waals surface area contributed by atoms with Crippen molar-refractivity contribution in [1.82, 2.24) is 25.9 Å². The van der Waals surface area contributed by atoms with Crippen molar-refractivity contribution in [3.8, 4) is 12.3 Å². The van der Waals surface area contributed by atoms with Gasteiger partial charge in [-0.3, -0.25) is 15.0 Å². The van der Waals surface area contributed by atoms with E-state index >= 15 is 0 Å². The minimum absolute atomic E-state index is 0.000107. The van der Waals surface area contributed by atoms with Crippen LogP contribution in [0.2, 0.25) is 5.02 Å². The Morgan fingerprint density at radius 1 is 1.07 bits per heavy atom. The molecule has 4 aromatic rings. The van der Waals surface area contributed by atoms with Crippen molar-refractivity contribution >= 4 is 44.8 Å². The first-order chi connectivity index (χ1) is 19.9. The van der Waals surface area contributed by atoms with Gasteiger partial charge in [0.2, 0.25) is 0 Å². The smallest absolute Gasteiger partial charge is 0.262 e. The lowest BCUT2D eigenvalue weighted by atomic mass is 9.96. The van der Waals surface area contributed by atoms with E-state index in [1.807, 2.05) is 36.4 Å². The maximum absolute atomic E-state index is 13.9. The zero-order valence-corrected chi connectivity index (χ0v) is 24.9. The van der Waals surface area contributed by atoms with Crippen LogP contribution in [-0.2, 0) is 0 Å². The van der Waals surface area contributed by atoms with Gasteiger partial charge in [0.15, 0.2) is 0 Å². The first kappa shape index (κ1) is 29.4. The maximum atomic E-state index is 13.9. The first-order valence-corrected chi connectivity index (χ1v) is 14.0. The molecule has 7 nitrogen and oxygen atoms in total. The van der Waals surface area contributed by atoms with Crippen molar-refractivity contribution < 1.29 is 8.78 Å². The fourth-order valence-electron chi connectivity index (χ4n) is 4.76. The molecule has 3 heterocycles. The minimum Gasteiger partial charge on any atom is -0.383 e. The van der Waals surface area contributed by atoms with Gasteiger partial charge in [-0.25, -0.2) is 8.78 Å². The van der Waals surface area contributed by atoms with Crippen molar-refractivity contribution in [3.63, 3.8) is 0 Å². The van der Waals surface area contributed by atoms with E-state index in [0.717, 1.165) is 27.5 Å². The summed E-state index contributed by atoms with van der Waals surface area (Å²) in [5.41, 5.74) is 9.61. The highest BCUT2D eigenvalue weighted by Crippen LogP contribution is 2.38. The lowest BCUT2D eigenvalue weighted by Gasteiger charge is -2.33. The second-order valence-corrected chi connectivity index (χ2v) is 12.5. The van der Waals surface area contributed by atoms with E-state index in [0.29, 0.717) is 34.0 Å². The van der Waals surface area contributed by atoms with Crippen LogP contribution in [0, 0.1) is 17.8 Å². The molecule has 0 spiro atoms. The molecule has 218 valence electrons. The quantitative estimate of drug-likeness (QED) is 0.161. The van der Waals surface area contributed by atoms with Crippen molar-refractivity contribution in [1.29, 1.82) is 0 Å². The Morgan fingerprint density at radius 2 is 1.86 bits per heavy atom. The second kappa shape index (κ2) is 11.3. The van der Waals surface area contributed by atoms with Gasteiger partial charge in [0.25, 0.3) is 6.43 Å². The highest BCUT2D eigenvalue weighted by Gasteiger charge is 2.38. The predicted molar refractivity (Wildman–Crippen MR) is 167 cm³/mol. The molecular weight excluding hydrogens is 556 g/mol. The first-order valence-electron chi connectivity index (χ1n) is 13.6. The molecule has 5 rings (SSSR count). The molecule has 0 amide bonds. The molecule has 0 fully saturated rings. The molecule has 42 heavy (non-hydrogen) atoms. The summed E-state index contributed by atoms with van der Waals surface area (Å²) >= 11 is 6.80. The third kappa shape index (κ3) is 5.78. The van der Waals surface area contributed by atoms with Gasteiger partial charge >= 0.3 is 0 Å². The van der Waals surface area contributed by atoms with Crippen LogP contribution in [0.3, 0.4) is 0 Å². The molecular formula is C32H34ClF2N7. The van der Waals surface area contributed by atoms with E-state index in [1.54, 1.807) is 24.7 Å². The van der Waals surface area contributed by atoms with Gasteiger partial charge in [-0.15, -0.1) is 12.0 Å².